The van der Waals surface area contributed by atoms with E-state index in [1.165, 1.54) is 0 Å². The average molecular weight is 274 g/mol. The summed E-state index contributed by atoms with van der Waals surface area (Å²) < 4.78 is 32.4. The number of halogens is 2. The zero-order valence-electron chi connectivity index (χ0n) is 9.66. The van der Waals surface area contributed by atoms with Crippen molar-refractivity contribution in [3.63, 3.8) is 0 Å². The minimum atomic E-state index is -1.86. The summed E-state index contributed by atoms with van der Waals surface area (Å²) in [5.74, 6) is -0.180. The van der Waals surface area contributed by atoms with Crippen molar-refractivity contribution in [2.45, 2.75) is 18.5 Å². The SMILES string of the molecule is Nc1cn(C2OC(CO)C(F)/C2=C\F)c(=O)nc1N. The highest BCUT2D eigenvalue weighted by Crippen LogP contribution is 2.35. The molecule has 0 amide bonds. The Bertz CT molecular complexity index is 574. The second kappa shape index (κ2) is 4.94. The summed E-state index contributed by atoms with van der Waals surface area (Å²) in [5.41, 5.74) is 9.52. The van der Waals surface area contributed by atoms with Crippen molar-refractivity contribution in [1.82, 2.24) is 9.55 Å². The smallest absolute Gasteiger partial charge is 0.352 e. The van der Waals surface area contributed by atoms with Crippen molar-refractivity contribution in [3.05, 3.63) is 28.6 Å². The molecule has 0 aliphatic carbocycles. The fourth-order valence-corrected chi connectivity index (χ4v) is 1.80. The number of anilines is 2. The lowest BCUT2D eigenvalue weighted by Gasteiger charge is -2.15. The van der Waals surface area contributed by atoms with Gasteiger partial charge in [0, 0.05) is 11.8 Å². The van der Waals surface area contributed by atoms with Crippen molar-refractivity contribution in [2.24, 2.45) is 0 Å². The summed E-state index contributed by atoms with van der Waals surface area (Å²) in [5, 5.41) is 8.92. The van der Waals surface area contributed by atoms with Crippen LogP contribution in [0, 0.1) is 0 Å². The minimum absolute atomic E-state index is 0.00395. The van der Waals surface area contributed by atoms with Gasteiger partial charge in [0.05, 0.1) is 18.6 Å². The van der Waals surface area contributed by atoms with Crippen molar-refractivity contribution >= 4 is 11.5 Å². The lowest BCUT2D eigenvalue weighted by Crippen LogP contribution is -2.29. The first-order valence-electron chi connectivity index (χ1n) is 5.34. The van der Waals surface area contributed by atoms with Gasteiger partial charge in [-0.1, -0.05) is 0 Å². The van der Waals surface area contributed by atoms with E-state index in [0.29, 0.717) is 0 Å². The number of nitrogen functional groups attached to an aromatic ring is 2. The molecule has 2 heterocycles. The fraction of sp³-hybridized carbons (Fsp3) is 0.400. The predicted molar refractivity (Wildman–Crippen MR) is 62.4 cm³/mol. The predicted octanol–water partition coefficient (Wildman–Crippen LogP) is -0.511. The van der Waals surface area contributed by atoms with Crippen molar-refractivity contribution in [2.75, 3.05) is 18.1 Å². The van der Waals surface area contributed by atoms with Crippen molar-refractivity contribution < 1.29 is 18.6 Å². The third-order valence-electron chi connectivity index (χ3n) is 2.80. The van der Waals surface area contributed by atoms with Crippen LogP contribution in [0.25, 0.3) is 0 Å². The molecule has 104 valence electrons. The van der Waals surface area contributed by atoms with E-state index in [-0.39, 0.29) is 17.8 Å². The van der Waals surface area contributed by atoms with Crippen molar-refractivity contribution in [3.8, 4) is 0 Å². The summed E-state index contributed by atoms with van der Waals surface area (Å²) in [4.78, 5) is 15.1. The van der Waals surface area contributed by atoms with Crippen LogP contribution in [0.3, 0.4) is 0 Å². The molecule has 3 unspecified atom stereocenters. The number of alkyl halides is 1. The Hall–Kier alpha value is -2.00. The van der Waals surface area contributed by atoms with Crippen LogP contribution in [0.2, 0.25) is 0 Å². The summed E-state index contributed by atoms with van der Waals surface area (Å²) in [6, 6.07) is 0. The van der Waals surface area contributed by atoms with E-state index in [2.05, 4.69) is 4.98 Å². The van der Waals surface area contributed by atoms with Gasteiger partial charge in [-0.15, -0.1) is 0 Å². The first kappa shape index (κ1) is 13.4. The van der Waals surface area contributed by atoms with Gasteiger partial charge in [-0.05, 0) is 0 Å². The monoisotopic (exact) mass is 274 g/mol. The Kier molecular flexibility index (Phi) is 3.49. The van der Waals surface area contributed by atoms with Crippen molar-refractivity contribution in [1.29, 1.82) is 0 Å². The number of aliphatic hydroxyl groups excluding tert-OH is 1. The van der Waals surface area contributed by atoms with E-state index in [0.717, 1.165) is 10.8 Å². The maximum absolute atomic E-state index is 13.7. The maximum atomic E-state index is 13.7. The molecule has 1 saturated heterocycles. The first-order chi connectivity index (χ1) is 8.99. The van der Waals surface area contributed by atoms with Crippen LogP contribution in [0.1, 0.15) is 6.23 Å². The summed E-state index contributed by atoms with van der Waals surface area (Å²) in [6.07, 6.45) is -3.36. The molecule has 1 aliphatic rings. The molecular weight excluding hydrogens is 262 g/mol. The molecule has 9 heteroatoms. The average Bonchev–Trinajstić information content (AvgIpc) is 2.70. The topological polar surface area (TPSA) is 116 Å². The molecule has 2 rings (SSSR count). The van der Waals surface area contributed by atoms with Crippen LogP contribution in [-0.4, -0.2) is 33.5 Å². The standard InChI is InChI=1S/C10H12F2N4O3/c11-1-4-7(12)6(3-17)19-9(4)16-2-5(13)8(14)15-10(16)18/h1-2,6-7,9,17H,3,13H2,(H2,14,15,18)/b4-1+. The second-order valence-electron chi connectivity index (χ2n) is 3.99. The molecule has 1 fully saturated rings. The summed E-state index contributed by atoms with van der Waals surface area (Å²) in [7, 11) is 0. The molecule has 19 heavy (non-hydrogen) atoms. The lowest BCUT2D eigenvalue weighted by atomic mass is 10.1. The Morgan fingerprint density at radius 3 is 2.84 bits per heavy atom. The molecule has 0 saturated carbocycles. The second-order valence-corrected chi connectivity index (χ2v) is 3.99. The van der Waals surface area contributed by atoms with Crippen LogP contribution in [0.4, 0.5) is 20.3 Å². The molecule has 0 bridgehead atoms. The Morgan fingerprint density at radius 1 is 1.58 bits per heavy atom. The fourth-order valence-electron chi connectivity index (χ4n) is 1.80. The van der Waals surface area contributed by atoms with Gasteiger partial charge >= 0.3 is 5.69 Å². The third kappa shape index (κ3) is 2.17. The third-order valence-corrected chi connectivity index (χ3v) is 2.80. The van der Waals surface area contributed by atoms with Gasteiger partial charge in [-0.25, -0.2) is 13.6 Å². The number of hydrogen-bond donors (Lipinski definition) is 3. The normalized spacial score (nSPS) is 29.0. The summed E-state index contributed by atoms with van der Waals surface area (Å²) >= 11 is 0. The van der Waals surface area contributed by atoms with E-state index in [1.807, 2.05) is 0 Å². The number of hydrogen-bond acceptors (Lipinski definition) is 6. The maximum Gasteiger partial charge on any atom is 0.352 e. The van der Waals surface area contributed by atoms with E-state index < -0.39 is 36.4 Å². The lowest BCUT2D eigenvalue weighted by molar-refractivity contribution is -0.0321. The molecule has 1 aromatic heterocycles. The Morgan fingerprint density at radius 2 is 2.26 bits per heavy atom. The molecule has 0 spiro atoms. The van der Waals surface area contributed by atoms with Gasteiger partial charge in [-0.3, -0.25) is 4.57 Å². The van der Waals surface area contributed by atoms with Gasteiger partial charge in [0.1, 0.15) is 6.10 Å². The van der Waals surface area contributed by atoms with Gasteiger partial charge in [0.25, 0.3) is 0 Å². The van der Waals surface area contributed by atoms with E-state index >= 15 is 0 Å². The molecule has 0 radical (unpaired) electrons. The molecule has 5 N–H and O–H groups in total. The quantitative estimate of drug-likeness (QED) is 0.668. The zero-order chi connectivity index (χ0) is 14.2. The molecule has 7 nitrogen and oxygen atoms in total. The van der Waals surface area contributed by atoms with Gasteiger partial charge in [-0.2, -0.15) is 4.98 Å². The number of aliphatic hydroxyl groups is 1. The van der Waals surface area contributed by atoms with Crippen LogP contribution in [0.5, 0.6) is 0 Å². The van der Waals surface area contributed by atoms with E-state index in [9.17, 15) is 13.6 Å². The molecule has 3 atom stereocenters. The molecule has 1 aliphatic heterocycles. The first-order valence-corrected chi connectivity index (χ1v) is 5.34. The largest absolute Gasteiger partial charge is 0.395 e. The minimum Gasteiger partial charge on any atom is -0.395 e. The Balaban J connectivity index is 2.47. The number of rotatable bonds is 2. The highest BCUT2D eigenvalue weighted by atomic mass is 19.1. The highest BCUT2D eigenvalue weighted by molar-refractivity contribution is 5.55. The summed E-state index contributed by atoms with van der Waals surface area (Å²) in [6.45, 7) is -0.651. The number of nitrogens with two attached hydrogens (primary N) is 2. The zero-order valence-corrected chi connectivity index (χ0v) is 9.66. The highest BCUT2D eigenvalue weighted by Gasteiger charge is 2.41. The van der Waals surface area contributed by atoms with Gasteiger partial charge in [0.2, 0.25) is 0 Å². The Labute approximate surface area is 106 Å². The molecule has 0 aromatic carbocycles. The van der Waals surface area contributed by atoms with E-state index in [4.69, 9.17) is 21.3 Å². The van der Waals surface area contributed by atoms with E-state index in [1.54, 1.807) is 0 Å². The van der Waals surface area contributed by atoms with Gasteiger partial charge < -0.3 is 21.3 Å². The number of aromatic nitrogens is 2. The van der Waals surface area contributed by atoms with Gasteiger partial charge in [0.15, 0.2) is 18.2 Å². The van der Waals surface area contributed by atoms with Crippen LogP contribution >= 0.6 is 0 Å². The number of nitrogens with zero attached hydrogens (tertiary/aromatic N) is 2. The van der Waals surface area contributed by atoms with Crippen LogP contribution in [-0.2, 0) is 4.74 Å². The molecular formula is C10H12F2N4O3. The number of ether oxygens (including phenoxy) is 1. The van der Waals surface area contributed by atoms with Crippen LogP contribution < -0.4 is 17.2 Å². The molecule has 1 aromatic rings. The van der Waals surface area contributed by atoms with Crippen LogP contribution in [0.15, 0.2) is 22.9 Å².